The van der Waals surface area contributed by atoms with Gasteiger partial charge in [-0.05, 0) is 36.6 Å². The third-order valence-electron chi connectivity index (χ3n) is 6.44. The van der Waals surface area contributed by atoms with E-state index in [0.717, 1.165) is 5.69 Å². The second-order valence-electron chi connectivity index (χ2n) is 9.77. The van der Waals surface area contributed by atoms with E-state index >= 15 is 0 Å². The summed E-state index contributed by atoms with van der Waals surface area (Å²) in [6.07, 6.45) is 1.77. The van der Waals surface area contributed by atoms with Crippen molar-refractivity contribution in [3.63, 3.8) is 0 Å². The summed E-state index contributed by atoms with van der Waals surface area (Å²) < 4.78 is 21.0. The Bertz CT molecular complexity index is 940. The molecule has 6 nitrogen and oxygen atoms in total. The number of piperidine rings is 1. The first-order valence-electron chi connectivity index (χ1n) is 10.5. The molecule has 7 heteroatoms. The molecular formula is C23H30FN3O3. The van der Waals surface area contributed by atoms with Gasteiger partial charge in [-0.1, -0.05) is 32.9 Å². The van der Waals surface area contributed by atoms with E-state index in [4.69, 9.17) is 4.74 Å². The average Bonchev–Trinajstić information content (AvgIpc) is 3.24. The molecule has 2 aliphatic rings. The molecule has 1 aromatic heterocycles. The van der Waals surface area contributed by atoms with Crippen molar-refractivity contribution in [2.24, 2.45) is 7.05 Å². The van der Waals surface area contributed by atoms with Crippen LogP contribution < -0.4 is 0 Å². The summed E-state index contributed by atoms with van der Waals surface area (Å²) >= 11 is 0. The maximum absolute atomic E-state index is 13.2. The third-order valence-corrected chi connectivity index (χ3v) is 6.44. The summed E-state index contributed by atoms with van der Waals surface area (Å²) in [6, 6.07) is 7.84. The van der Waals surface area contributed by atoms with Crippen molar-refractivity contribution < 1.29 is 19.0 Å². The Morgan fingerprint density at radius 1 is 1.20 bits per heavy atom. The molecule has 162 valence electrons. The van der Waals surface area contributed by atoms with Crippen LogP contribution in [0, 0.1) is 5.82 Å². The van der Waals surface area contributed by atoms with Gasteiger partial charge in [0.1, 0.15) is 17.1 Å². The second kappa shape index (κ2) is 7.17. The number of carbonyl (C=O) groups is 1. The molecule has 2 aliphatic heterocycles. The van der Waals surface area contributed by atoms with E-state index in [1.54, 1.807) is 23.9 Å². The fourth-order valence-electron chi connectivity index (χ4n) is 4.49. The zero-order chi connectivity index (χ0) is 21.7. The minimum atomic E-state index is -1.12. The molecule has 1 amide bonds. The van der Waals surface area contributed by atoms with Gasteiger partial charge in [-0.2, -0.15) is 5.10 Å². The lowest BCUT2D eigenvalue weighted by Gasteiger charge is -2.39. The summed E-state index contributed by atoms with van der Waals surface area (Å²) in [6.45, 7) is 7.54. The summed E-state index contributed by atoms with van der Waals surface area (Å²) in [5.41, 5.74) is 0.456. The quantitative estimate of drug-likeness (QED) is 0.818. The van der Waals surface area contributed by atoms with Gasteiger partial charge in [0.25, 0.3) is 5.91 Å². The van der Waals surface area contributed by atoms with Crippen LogP contribution >= 0.6 is 0 Å². The van der Waals surface area contributed by atoms with Crippen LogP contribution in [-0.2, 0) is 22.8 Å². The number of ether oxygens (including phenoxy) is 1. The lowest BCUT2D eigenvalue weighted by Crippen LogP contribution is -2.47. The predicted octanol–water partition coefficient (Wildman–Crippen LogP) is 3.14. The highest BCUT2D eigenvalue weighted by molar-refractivity contribution is 5.92. The van der Waals surface area contributed by atoms with Crippen LogP contribution in [0.3, 0.4) is 0 Å². The van der Waals surface area contributed by atoms with Gasteiger partial charge in [0, 0.05) is 32.0 Å². The highest BCUT2D eigenvalue weighted by atomic mass is 19.1. The minimum Gasteiger partial charge on any atom is -0.383 e. The number of hydrogen-bond donors (Lipinski definition) is 1. The molecule has 2 aromatic rings. The highest BCUT2D eigenvalue weighted by Gasteiger charge is 2.51. The van der Waals surface area contributed by atoms with Crippen molar-refractivity contribution in [1.82, 2.24) is 14.7 Å². The molecule has 0 unspecified atom stereocenters. The maximum atomic E-state index is 13.2. The molecule has 4 rings (SSSR count). The molecule has 1 aromatic carbocycles. The molecule has 30 heavy (non-hydrogen) atoms. The van der Waals surface area contributed by atoms with E-state index in [0.29, 0.717) is 43.6 Å². The summed E-state index contributed by atoms with van der Waals surface area (Å²) in [5.74, 6) is -0.352. The van der Waals surface area contributed by atoms with Gasteiger partial charge in [0.05, 0.1) is 17.9 Å². The first-order valence-corrected chi connectivity index (χ1v) is 10.5. The van der Waals surface area contributed by atoms with E-state index in [1.165, 1.54) is 12.1 Å². The smallest absolute Gasteiger partial charge is 0.272 e. The first kappa shape index (κ1) is 21.0. The number of halogens is 1. The fraction of sp³-hybridized carbons (Fsp3) is 0.565. The first-order chi connectivity index (χ1) is 14.0. The Morgan fingerprint density at radius 2 is 1.83 bits per heavy atom. The van der Waals surface area contributed by atoms with Gasteiger partial charge in [-0.25, -0.2) is 4.39 Å². The molecule has 3 heterocycles. The average molecular weight is 416 g/mol. The Kier molecular flexibility index (Phi) is 5.02. The molecule has 2 fully saturated rings. The minimum absolute atomic E-state index is 0.0258. The molecule has 2 saturated heterocycles. The number of likely N-dealkylation sites (tertiary alicyclic amines) is 1. The van der Waals surface area contributed by atoms with Crippen molar-refractivity contribution in [2.45, 2.75) is 56.7 Å². The Hall–Kier alpha value is -2.25. The van der Waals surface area contributed by atoms with Crippen molar-refractivity contribution in [1.29, 1.82) is 0 Å². The zero-order valence-corrected chi connectivity index (χ0v) is 18.1. The van der Waals surface area contributed by atoms with E-state index in [-0.39, 0.29) is 23.7 Å². The molecule has 0 bridgehead atoms. The molecule has 1 N–H and O–H groups in total. The van der Waals surface area contributed by atoms with Crippen molar-refractivity contribution in [2.75, 3.05) is 19.7 Å². The Morgan fingerprint density at radius 3 is 2.40 bits per heavy atom. The van der Waals surface area contributed by atoms with Gasteiger partial charge in [-0.15, -0.1) is 0 Å². The highest BCUT2D eigenvalue weighted by Crippen LogP contribution is 2.45. The van der Waals surface area contributed by atoms with E-state index < -0.39 is 11.2 Å². The van der Waals surface area contributed by atoms with Gasteiger partial charge in [0.15, 0.2) is 0 Å². The number of nitrogens with zero attached hydrogens (tertiary/aromatic N) is 3. The van der Waals surface area contributed by atoms with Crippen molar-refractivity contribution in [3.05, 3.63) is 53.1 Å². The third kappa shape index (κ3) is 3.76. The lowest BCUT2D eigenvalue weighted by atomic mass is 9.80. The lowest BCUT2D eigenvalue weighted by molar-refractivity contribution is -0.0432. The van der Waals surface area contributed by atoms with Crippen LogP contribution in [0.15, 0.2) is 30.3 Å². The monoisotopic (exact) mass is 415 g/mol. The topological polar surface area (TPSA) is 67.6 Å². The molecule has 0 radical (unpaired) electrons. The Balaban J connectivity index is 1.43. The van der Waals surface area contributed by atoms with E-state index in [1.807, 2.05) is 11.0 Å². The Labute approximate surface area is 176 Å². The number of amides is 1. The van der Waals surface area contributed by atoms with Crippen LogP contribution in [0.1, 0.15) is 61.8 Å². The van der Waals surface area contributed by atoms with E-state index in [2.05, 4.69) is 25.9 Å². The fourth-order valence-corrected chi connectivity index (χ4v) is 4.49. The van der Waals surface area contributed by atoms with Gasteiger partial charge < -0.3 is 14.7 Å². The van der Waals surface area contributed by atoms with Crippen molar-refractivity contribution in [3.8, 4) is 0 Å². The van der Waals surface area contributed by atoms with Crippen LogP contribution in [0.2, 0.25) is 0 Å². The zero-order valence-electron chi connectivity index (χ0n) is 18.1. The second-order valence-corrected chi connectivity index (χ2v) is 9.77. The van der Waals surface area contributed by atoms with Crippen LogP contribution in [0.5, 0.6) is 0 Å². The van der Waals surface area contributed by atoms with Crippen LogP contribution in [0.4, 0.5) is 4.39 Å². The number of rotatable bonds is 2. The molecule has 0 saturated carbocycles. The van der Waals surface area contributed by atoms with Crippen LogP contribution in [-0.4, -0.2) is 51.0 Å². The number of benzene rings is 1. The summed E-state index contributed by atoms with van der Waals surface area (Å²) in [5, 5.41) is 15.6. The van der Waals surface area contributed by atoms with Gasteiger partial charge >= 0.3 is 0 Å². The number of aryl methyl sites for hydroxylation is 1. The number of carbonyl (C=O) groups excluding carboxylic acids is 1. The predicted molar refractivity (Wildman–Crippen MR) is 111 cm³/mol. The molecule has 0 aliphatic carbocycles. The molecule has 1 spiro atoms. The van der Waals surface area contributed by atoms with Crippen LogP contribution in [0.25, 0.3) is 0 Å². The number of hydrogen-bond acceptors (Lipinski definition) is 4. The largest absolute Gasteiger partial charge is 0.383 e. The summed E-state index contributed by atoms with van der Waals surface area (Å²) in [7, 11) is 1.80. The van der Waals surface area contributed by atoms with Crippen molar-refractivity contribution >= 4 is 5.91 Å². The summed E-state index contributed by atoms with van der Waals surface area (Å²) in [4.78, 5) is 14.9. The molecular weight excluding hydrogens is 385 g/mol. The standard InChI is InChI=1S/C23H30FN3O3/c1-21(2,3)19-13-18(26(4)25-19)20(28)27-11-9-22(10-12-27)14-23(29,15-30-22)16-5-7-17(24)8-6-16/h5-8,13,29H,9-12,14-15H2,1-4H3/t23-/m1/s1. The number of aromatic nitrogens is 2. The number of aliphatic hydroxyl groups is 1. The molecule has 1 atom stereocenters. The van der Waals surface area contributed by atoms with Gasteiger partial charge in [0.2, 0.25) is 0 Å². The normalized spacial score (nSPS) is 23.9. The SMILES string of the molecule is Cn1nc(C(C)(C)C)cc1C(=O)N1CCC2(CC1)C[C@](O)(c1ccc(F)cc1)CO2. The van der Waals surface area contributed by atoms with E-state index in [9.17, 15) is 14.3 Å². The van der Waals surface area contributed by atoms with Gasteiger partial charge in [-0.3, -0.25) is 9.48 Å². The maximum Gasteiger partial charge on any atom is 0.272 e.